The molecule has 2 rings (SSSR count). The number of nitrogens with zero attached hydrogens (tertiary/aromatic N) is 1. The minimum Gasteiger partial charge on any atom is -0.378 e. The zero-order valence-corrected chi connectivity index (χ0v) is 13.7. The third kappa shape index (κ3) is 3.69. The predicted molar refractivity (Wildman–Crippen MR) is 89.0 cm³/mol. The summed E-state index contributed by atoms with van der Waals surface area (Å²) in [5.74, 6) is -0.237. The summed E-state index contributed by atoms with van der Waals surface area (Å²) >= 11 is 1.93. The molecule has 21 heavy (non-hydrogen) atoms. The van der Waals surface area contributed by atoms with Crippen LogP contribution in [-0.2, 0) is 0 Å². The van der Waals surface area contributed by atoms with Gasteiger partial charge < -0.3 is 5.32 Å². The highest BCUT2D eigenvalue weighted by atomic mass is 127. The molecule has 0 aliphatic rings. The van der Waals surface area contributed by atoms with E-state index in [4.69, 9.17) is 0 Å². The van der Waals surface area contributed by atoms with E-state index in [2.05, 4.69) is 5.32 Å². The Morgan fingerprint density at radius 1 is 1.29 bits per heavy atom. The minimum absolute atomic E-state index is 0.0789. The molecule has 0 heterocycles. The molecule has 1 atom stereocenters. The Morgan fingerprint density at radius 3 is 2.57 bits per heavy atom. The van der Waals surface area contributed by atoms with Gasteiger partial charge in [0.1, 0.15) is 5.82 Å². The lowest BCUT2D eigenvalue weighted by molar-refractivity contribution is -0.385. The molecule has 0 saturated heterocycles. The van der Waals surface area contributed by atoms with E-state index in [0.29, 0.717) is 9.13 Å². The number of benzene rings is 2. The number of aryl methyl sites for hydroxylation is 1. The van der Waals surface area contributed by atoms with Crippen molar-refractivity contribution in [1.82, 2.24) is 0 Å². The van der Waals surface area contributed by atoms with Crippen molar-refractivity contribution in [2.45, 2.75) is 19.9 Å². The van der Waals surface area contributed by atoms with Gasteiger partial charge in [0.15, 0.2) is 0 Å². The molecule has 0 aromatic heterocycles. The van der Waals surface area contributed by atoms with E-state index in [0.717, 1.165) is 11.3 Å². The Labute approximate surface area is 135 Å². The number of rotatable bonds is 4. The molecular weight excluding hydrogens is 386 g/mol. The molecular formula is C15H14FIN2O2. The lowest BCUT2D eigenvalue weighted by Crippen LogP contribution is -2.07. The molecule has 1 N–H and O–H groups in total. The number of hydrogen-bond acceptors (Lipinski definition) is 3. The SMILES string of the molecule is Cc1ccc(C(C)Nc2ccc([N+](=O)[O-])c(I)c2)cc1F. The Kier molecular flexibility index (Phi) is 4.76. The van der Waals surface area contributed by atoms with Crippen LogP contribution < -0.4 is 5.32 Å². The van der Waals surface area contributed by atoms with Crippen molar-refractivity contribution in [3.8, 4) is 0 Å². The fourth-order valence-corrected chi connectivity index (χ4v) is 2.67. The molecule has 0 fully saturated rings. The summed E-state index contributed by atoms with van der Waals surface area (Å²) in [6.07, 6.45) is 0. The number of nitro groups is 1. The Balaban J connectivity index is 2.19. The quantitative estimate of drug-likeness (QED) is 0.455. The largest absolute Gasteiger partial charge is 0.378 e. The van der Waals surface area contributed by atoms with Crippen LogP contribution in [0, 0.1) is 26.4 Å². The van der Waals surface area contributed by atoms with Crippen LogP contribution in [0.25, 0.3) is 0 Å². The predicted octanol–water partition coefficient (Wildman–Crippen LogP) is 4.82. The van der Waals surface area contributed by atoms with Gasteiger partial charge in [0, 0.05) is 17.8 Å². The van der Waals surface area contributed by atoms with Crippen LogP contribution in [0.4, 0.5) is 15.8 Å². The van der Waals surface area contributed by atoms with Crippen molar-refractivity contribution in [2.24, 2.45) is 0 Å². The number of nitrogens with one attached hydrogen (secondary N) is 1. The van der Waals surface area contributed by atoms with E-state index < -0.39 is 4.92 Å². The van der Waals surface area contributed by atoms with Gasteiger partial charge in [-0.25, -0.2) is 4.39 Å². The molecule has 2 aromatic carbocycles. The topological polar surface area (TPSA) is 55.2 Å². The third-order valence-corrected chi connectivity index (χ3v) is 4.09. The van der Waals surface area contributed by atoms with Gasteiger partial charge in [0.05, 0.1) is 8.49 Å². The average molecular weight is 400 g/mol. The summed E-state index contributed by atoms with van der Waals surface area (Å²) in [4.78, 5) is 10.4. The maximum Gasteiger partial charge on any atom is 0.282 e. The second-order valence-corrected chi connectivity index (χ2v) is 5.96. The van der Waals surface area contributed by atoms with E-state index >= 15 is 0 Å². The van der Waals surface area contributed by atoms with Gasteiger partial charge in [-0.1, -0.05) is 12.1 Å². The van der Waals surface area contributed by atoms with Crippen molar-refractivity contribution < 1.29 is 9.31 Å². The van der Waals surface area contributed by atoms with E-state index in [9.17, 15) is 14.5 Å². The Bertz CT molecular complexity index is 691. The summed E-state index contributed by atoms with van der Waals surface area (Å²) in [5, 5.41) is 14.0. The first kappa shape index (κ1) is 15.7. The Hall–Kier alpha value is -1.70. The van der Waals surface area contributed by atoms with Crippen molar-refractivity contribution >= 4 is 34.0 Å². The molecule has 0 radical (unpaired) electrons. The van der Waals surface area contributed by atoms with Crippen molar-refractivity contribution in [1.29, 1.82) is 0 Å². The monoisotopic (exact) mass is 400 g/mol. The normalized spacial score (nSPS) is 12.0. The molecule has 0 bridgehead atoms. The van der Waals surface area contributed by atoms with Crippen molar-refractivity contribution in [3.63, 3.8) is 0 Å². The highest BCUT2D eigenvalue weighted by molar-refractivity contribution is 14.1. The molecule has 4 nitrogen and oxygen atoms in total. The van der Waals surface area contributed by atoms with Gasteiger partial charge in [-0.2, -0.15) is 0 Å². The van der Waals surface area contributed by atoms with E-state index in [1.54, 1.807) is 25.1 Å². The van der Waals surface area contributed by atoms with E-state index in [1.165, 1.54) is 12.1 Å². The van der Waals surface area contributed by atoms with Crippen molar-refractivity contribution in [2.75, 3.05) is 5.32 Å². The first-order valence-electron chi connectivity index (χ1n) is 6.35. The average Bonchev–Trinajstić information content (AvgIpc) is 2.41. The fourth-order valence-electron chi connectivity index (χ4n) is 1.96. The second-order valence-electron chi connectivity index (χ2n) is 4.80. The second kappa shape index (κ2) is 6.38. The van der Waals surface area contributed by atoms with Crippen LogP contribution in [0.15, 0.2) is 36.4 Å². The minimum atomic E-state index is -0.412. The summed E-state index contributed by atoms with van der Waals surface area (Å²) < 4.78 is 14.1. The highest BCUT2D eigenvalue weighted by Gasteiger charge is 2.13. The highest BCUT2D eigenvalue weighted by Crippen LogP contribution is 2.27. The van der Waals surface area contributed by atoms with Crippen LogP contribution >= 0.6 is 22.6 Å². The molecule has 1 unspecified atom stereocenters. The van der Waals surface area contributed by atoms with E-state index in [1.807, 2.05) is 35.6 Å². The maximum atomic E-state index is 13.6. The van der Waals surface area contributed by atoms with Gasteiger partial charge in [0.25, 0.3) is 5.69 Å². The fraction of sp³-hybridized carbons (Fsp3) is 0.200. The van der Waals surface area contributed by atoms with Gasteiger partial charge in [-0.15, -0.1) is 0 Å². The van der Waals surface area contributed by atoms with Crippen LogP contribution in [0.1, 0.15) is 24.1 Å². The van der Waals surface area contributed by atoms with Gasteiger partial charge in [-0.05, 0) is 65.8 Å². The summed E-state index contributed by atoms with van der Waals surface area (Å²) in [7, 11) is 0. The van der Waals surface area contributed by atoms with Gasteiger partial charge in [-0.3, -0.25) is 10.1 Å². The number of hydrogen-bond donors (Lipinski definition) is 1. The molecule has 0 amide bonds. The standard InChI is InChI=1S/C15H14FIN2O2/c1-9-3-4-11(7-13(9)16)10(2)18-12-5-6-15(19(20)21)14(17)8-12/h3-8,10,18H,1-2H3. The summed E-state index contributed by atoms with van der Waals surface area (Å²) in [6, 6.07) is 9.84. The molecule has 0 saturated carbocycles. The molecule has 0 spiro atoms. The zero-order chi connectivity index (χ0) is 15.6. The number of halogens is 2. The van der Waals surface area contributed by atoms with Gasteiger partial charge >= 0.3 is 0 Å². The van der Waals surface area contributed by atoms with E-state index in [-0.39, 0.29) is 17.5 Å². The van der Waals surface area contributed by atoms with Crippen LogP contribution in [0.3, 0.4) is 0 Å². The number of anilines is 1. The summed E-state index contributed by atoms with van der Waals surface area (Å²) in [6.45, 7) is 3.63. The van der Waals surface area contributed by atoms with Crippen LogP contribution in [-0.4, -0.2) is 4.92 Å². The van der Waals surface area contributed by atoms with Gasteiger partial charge in [0.2, 0.25) is 0 Å². The molecule has 0 aliphatic carbocycles. The van der Waals surface area contributed by atoms with Crippen LogP contribution in [0.5, 0.6) is 0 Å². The molecule has 0 aliphatic heterocycles. The Morgan fingerprint density at radius 2 is 2.00 bits per heavy atom. The lowest BCUT2D eigenvalue weighted by atomic mass is 10.1. The summed E-state index contributed by atoms with van der Waals surface area (Å²) in [5.41, 5.74) is 2.27. The first-order valence-corrected chi connectivity index (χ1v) is 7.43. The maximum absolute atomic E-state index is 13.6. The van der Waals surface area contributed by atoms with Crippen molar-refractivity contribution in [3.05, 3.63) is 67.0 Å². The molecule has 6 heteroatoms. The molecule has 110 valence electrons. The number of nitro benzene ring substituents is 1. The molecule has 2 aromatic rings. The first-order chi connectivity index (χ1) is 9.88. The van der Waals surface area contributed by atoms with Crippen LogP contribution in [0.2, 0.25) is 0 Å². The smallest absolute Gasteiger partial charge is 0.282 e. The zero-order valence-electron chi connectivity index (χ0n) is 11.6. The lowest BCUT2D eigenvalue weighted by Gasteiger charge is -2.16. The third-order valence-electron chi connectivity index (χ3n) is 3.22.